The SMILES string of the molecule is CCCCCCCCC1CC1CC(=O)OCC. The van der Waals surface area contributed by atoms with E-state index < -0.39 is 0 Å². The predicted octanol–water partition coefficient (Wildman–Crippen LogP) is 4.33. The van der Waals surface area contributed by atoms with E-state index in [1.54, 1.807) is 0 Å². The van der Waals surface area contributed by atoms with Crippen molar-refractivity contribution in [2.75, 3.05) is 6.61 Å². The van der Waals surface area contributed by atoms with Crippen LogP contribution in [0.2, 0.25) is 0 Å². The van der Waals surface area contributed by atoms with E-state index >= 15 is 0 Å². The van der Waals surface area contributed by atoms with Gasteiger partial charge >= 0.3 is 5.97 Å². The quantitative estimate of drug-likeness (QED) is 0.420. The van der Waals surface area contributed by atoms with Gasteiger partial charge in [0.1, 0.15) is 0 Å². The highest BCUT2D eigenvalue weighted by atomic mass is 16.5. The lowest BCUT2D eigenvalue weighted by molar-refractivity contribution is -0.143. The van der Waals surface area contributed by atoms with Gasteiger partial charge in [-0.2, -0.15) is 0 Å². The molecule has 0 amide bonds. The highest BCUT2D eigenvalue weighted by Gasteiger charge is 2.37. The maximum Gasteiger partial charge on any atom is 0.306 e. The first-order valence-corrected chi connectivity index (χ1v) is 7.43. The fourth-order valence-corrected chi connectivity index (χ4v) is 2.53. The maximum absolute atomic E-state index is 11.3. The molecule has 2 nitrogen and oxygen atoms in total. The molecule has 100 valence electrons. The van der Waals surface area contributed by atoms with Gasteiger partial charge in [0.2, 0.25) is 0 Å². The molecule has 0 radical (unpaired) electrons. The molecule has 0 aromatic heterocycles. The van der Waals surface area contributed by atoms with Crippen LogP contribution in [-0.4, -0.2) is 12.6 Å². The lowest BCUT2D eigenvalue weighted by Crippen LogP contribution is -2.05. The molecule has 2 unspecified atom stereocenters. The molecule has 0 saturated heterocycles. The van der Waals surface area contributed by atoms with Gasteiger partial charge < -0.3 is 4.74 Å². The van der Waals surface area contributed by atoms with Crippen LogP contribution in [0.3, 0.4) is 0 Å². The Bertz CT molecular complexity index is 213. The van der Waals surface area contributed by atoms with Gasteiger partial charge in [-0.1, -0.05) is 51.9 Å². The number of esters is 1. The number of hydrogen-bond donors (Lipinski definition) is 0. The van der Waals surface area contributed by atoms with Crippen LogP contribution in [0.4, 0.5) is 0 Å². The van der Waals surface area contributed by atoms with Crippen molar-refractivity contribution in [3.05, 3.63) is 0 Å². The van der Waals surface area contributed by atoms with Crippen molar-refractivity contribution in [2.24, 2.45) is 11.8 Å². The number of carbonyl (C=O) groups is 1. The number of ether oxygens (including phenoxy) is 1. The Balaban J connectivity index is 1.89. The van der Waals surface area contributed by atoms with Crippen LogP contribution in [0.25, 0.3) is 0 Å². The molecule has 0 aromatic carbocycles. The van der Waals surface area contributed by atoms with Gasteiger partial charge in [-0.05, 0) is 25.2 Å². The molecule has 2 atom stereocenters. The molecule has 1 fully saturated rings. The van der Waals surface area contributed by atoms with Gasteiger partial charge in [0.25, 0.3) is 0 Å². The van der Waals surface area contributed by atoms with Crippen molar-refractivity contribution in [1.29, 1.82) is 0 Å². The van der Waals surface area contributed by atoms with Crippen molar-refractivity contribution in [3.8, 4) is 0 Å². The second-order valence-corrected chi connectivity index (χ2v) is 5.32. The molecule has 1 aliphatic rings. The van der Waals surface area contributed by atoms with Crippen molar-refractivity contribution in [2.45, 2.75) is 71.6 Å². The molecule has 1 saturated carbocycles. The Hall–Kier alpha value is -0.530. The number of unbranched alkanes of at least 4 members (excludes halogenated alkanes) is 5. The third-order valence-electron chi connectivity index (χ3n) is 3.73. The fourth-order valence-electron chi connectivity index (χ4n) is 2.53. The minimum absolute atomic E-state index is 0.00273. The Kier molecular flexibility index (Phi) is 7.30. The number of carbonyl (C=O) groups excluding carboxylic acids is 1. The van der Waals surface area contributed by atoms with E-state index in [0.29, 0.717) is 18.9 Å². The summed E-state index contributed by atoms with van der Waals surface area (Å²) in [4.78, 5) is 11.3. The first kappa shape index (κ1) is 14.5. The Morgan fingerprint density at radius 3 is 2.47 bits per heavy atom. The second kappa shape index (κ2) is 8.54. The zero-order chi connectivity index (χ0) is 12.5. The molecular formula is C15H28O2. The average molecular weight is 240 g/mol. The van der Waals surface area contributed by atoms with E-state index in [-0.39, 0.29) is 5.97 Å². The molecule has 1 rings (SSSR count). The summed E-state index contributed by atoms with van der Waals surface area (Å²) < 4.78 is 4.97. The summed E-state index contributed by atoms with van der Waals surface area (Å²) in [5.74, 6) is 1.47. The average Bonchev–Trinajstić information content (AvgIpc) is 3.02. The second-order valence-electron chi connectivity index (χ2n) is 5.32. The van der Waals surface area contributed by atoms with Crippen LogP contribution in [0, 0.1) is 11.8 Å². The number of rotatable bonds is 10. The van der Waals surface area contributed by atoms with Crippen LogP contribution in [0.15, 0.2) is 0 Å². The molecule has 1 aliphatic carbocycles. The molecule has 0 heterocycles. The standard InChI is InChI=1S/C15H28O2/c1-3-5-6-7-8-9-10-13-11-14(13)12-15(16)17-4-2/h13-14H,3-12H2,1-2H3. The molecular weight excluding hydrogens is 212 g/mol. The van der Waals surface area contributed by atoms with Gasteiger partial charge in [-0.25, -0.2) is 0 Å². The summed E-state index contributed by atoms with van der Waals surface area (Å²) in [6.07, 6.45) is 11.5. The minimum atomic E-state index is 0.00273. The van der Waals surface area contributed by atoms with Gasteiger partial charge in [0.15, 0.2) is 0 Å². The van der Waals surface area contributed by atoms with Crippen LogP contribution in [0.5, 0.6) is 0 Å². The minimum Gasteiger partial charge on any atom is -0.466 e. The van der Waals surface area contributed by atoms with Gasteiger partial charge in [0, 0.05) is 6.42 Å². The van der Waals surface area contributed by atoms with Gasteiger partial charge in [-0.3, -0.25) is 4.79 Å². The Morgan fingerprint density at radius 1 is 1.06 bits per heavy atom. The van der Waals surface area contributed by atoms with Crippen molar-refractivity contribution in [1.82, 2.24) is 0 Å². The summed E-state index contributed by atoms with van der Waals surface area (Å²) in [5, 5.41) is 0. The van der Waals surface area contributed by atoms with E-state index in [0.717, 1.165) is 5.92 Å². The highest BCUT2D eigenvalue weighted by molar-refractivity contribution is 5.70. The van der Waals surface area contributed by atoms with Crippen LogP contribution < -0.4 is 0 Å². The van der Waals surface area contributed by atoms with Crippen molar-refractivity contribution >= 4 is 5.97 Å². The molecule has 17 heavy (non-hydrogen) atoms. The third-order valence-corrected chi connectivity index (χ3v) is 3.73. The molecule has 0 aromatic rings. The topological polar surface area (TPSA) is 26.3 Å². The van der Waals surface area contributed by atoms with Crippen molar-refractivity contribution < 1.29 is 9.53 Å². The molecule has 0 bridgehead atoms. The van der Waals surface area contributed by atoms with E-state index in [4.69, 9.17) is 4.74 Å². The van der Waals surface area contributed by atoms with Gasteiger partial charge in [-0.15, -0.1) is 0 Å². The monoisotopic (exact) mass is 240 g/mol. The summed E-state index contributed by atoms with van der Waals surface area (Å²) in [5.41, 5.74) is 0. The lowest BCUT2D eigenvalue weighted by Gasteiger charge is -2.02. The predicted molar refractivity (Wildman–Crippen MR) is 70.8 cm³/mol. The zero-order valence-electron chi connectivity index (χ0n) is 11.5. The van der Waals surface area contributed by atoms with E-state index in [2.05, 4.69) is 6.92 Å². The highest BCUT2D eigenvalue weighted by Crippen LogP contribution is 2.44. The largest absolute Gasteiger partial charge is 0.466 e. The van der Waals surface area contributed by atoms with E-state index in [9.17, 15) is 4.79 Å². The zero-order valence-corrected chi connectivity index (χ0v) is 11.5. The first-order chi connectivity index (χ1) is 8.27. The normalized spacial score (nSPS) is 22.5. The van der Waals surface area contributed by atoms with E-state index in [1.807, 2.05) is 6.92 Å². The summed E-state index contributed by atoms with van der Waals surface area (Å²) in [7, 11) is 0. The van der Waals surface area contributed by atoms with Gasteiger partial charge in [0.05, 0.1) is 6.61 Å². The van der Waals surface area contributed by atoms with E-state index in [1.165, 1.54) is 51.4 Å². The summed E-state index contributed by atoms with van der Waals surface area (Å²) >= 11 is 0. The molecule has 0 N–H and O–H groups in total. The Morgan fingerprint density at radius 2 is 1.76 bits per heavy atom. The molecule has 2 heteroatoms. The van der Waals surface area contributed by atoms with Crippen LogP contribution >= 0.6 is 0 Å². The summed E-state index contributed by atoms with van der Waals surface area (Å²) in [6, 6.07) is 0. The third kappa shape index (κ3) is 6.70. The lowest BCUT2D eigenvalue weighted by atomic mass is 10.1. The van der Waals surface area contributed by atoms with Crippen molar-refractivity contribution in [3.63, 3.8) is 0 Å². The fraction of sp³-hybridized carbons (Fsp3) is 0.933. The smallest absolute Gasteiger partial charge is 0.306 e. The van der Waals surface area contributed by atoms with Crippen LogP contribution in [-0.2, 0) is 9.53 Å². The number of hydrogen-bond acceptors (Lipinski definition) is 2. The first-order valence-electron chi connectivity index (χ1n) is 7.43. The summed E-state index contributed by atoms with van der Waals surface area (Å²) in [6.45, 7) is 4.65. The molecule has 0 aliphatic heterocycles. The molecule has 0 spiro atoms. The van der Waals surface area contributed by atoms with Crippen LogP contribution in [0.1, 0.15) is 71.6 Å². The Labute approximate surface area is 106 Å². The maximum atomic E-state index is 11.3.